The van der Waals surface area contributed by atoms with Crippen LogP contribution in [0, 0.1) is 20.8 Å². The fourth-order valence-electron chi connectivity index (χ4n) is 3.71. The van der Waals surface area contributed by atoms with Crippen molar-refractivity contribution in [2.75, 3.05) is 16.8 Å². The van der Waals surface area contributed by atoms with Crippen molar-refractivity contribution in [2.24, 2.45) is 0 Å². The Hall–Kier alpha value is -3.68. The SMILES string of the molecule is CC[C@H]1COC(=O)N1c1nc(C)nc(N[C@@H](C)c2ccc(Oc3ccc(C)cc3)c(C)c2)n1. The molecule has 1 aromatic heterocycles. The molecule has 0 unspecified atom stereocenters. The predicted octanol–water partition coefficient (Wildman–Crippen LogP) is 5.50. The highest BCUT2D eigenvalue weighted by atomic mass is 16.6. The van der Waals surface area contributed by atoms with E-state index in [1.807, 2.05) is 64.1 Å². The van der Waals surface area contributed by atoms with Crippen LogP contribution in [0.5, 0.6) is 11.5 Å². The minimum atomic E-state index is -0.425. The van der Waals surface area contributed by atoms with Gasteiger partial charge < -0.3 is 14.8 Å². The largest absolute Gasteiger partial charge is 0.457 e. The molecule has 1 fully saturated rings. The van der Waals surface area contributed by atoms with Gasteiger partial charge in [-0.25, -0.2) is 9.69 Å². The zero-order valence-electron chi connectivity index (χ0n) is 19.6. The van der Waals surface area contributed by atoms with Gasteiger partial charge in [0.2, 0.25) is 11.9 Å². The number of hydrogen-bond donors (Lipinski definition) is 1. The molecule has 0 radical (unpaired) electrons. The van der Waals surface area contributed by atoms with E-state index in [-0.39, 0.29) is 12.1 Å². The van der Waals surface area contributed by atoms with E-state index in [1.165, 1.54) is 10.5 Å². The van der Waals surface area contributed by atoms with Gasteiger partial charge in [-0.15, -0.1) is 0 Å². The molecule has 8 heteroatoms. The van der Waals surface area contributed by atoms with Crippen LogP contribution in [0.3, 0.4) is 0 Å². The van der Waals surface area contributed by atoms with Crippen LogP contribution in [0.1, 0.15) is 48.8 Å². The molecule has 0 saturated carbocycles. The Balaban J connectivity index is 1.50. The van der Waals surface area contributed by atoms with E-state index >= 15 is 0 Å². The molecule has 33 heavy (non-hydrogen) atoms. The summed E-state index contributed by atoms with van der Waals surface area (Å²) in [5.41, 5.74) is 3.29. The molecule has 172 valence electrons. The average Bonchev–Trinajstić information content (AvgIpc) is 3.16. The molecule has 1 aliphatic rings. The second-order valence-corrected chi connectivity index (χ2v) is 8.32. The summed E-state index contributed by atoms with van der Waals surface area (Å²) in [5, 5.41) is 3.33. The third kappa shape index (κ3) is 5.05. The first-order valence-electron chi connectivity index (χ1n) is 11.1. The molecule has 0 aliphatic carbocycles. The lowest BCUT2D eigenvalue weighted by Gasteiger charge is -2.20. The van der Waals surface area contributed by atoms with Crippen molar-refractivity contribution in [3.05, 3.63) is 65.0 Å². The second-order valence-electron chi connectivity index (χ2n) is 8.32. The summed E-state index contributed by atoms with van der Waals surface area (Å²) in [5.74, 6) is 2.87. The van der Waals surface area contributed by atoms with Crippen LogP contribution in [0.25, 0.3) is 0 Å². The van der Waals surface area contributed by atoms with Crippen LogP contribution in [0.2, 0.25) is 0 Å². The van der Waals surface area contributed by atoms with E-state index < -0.39 is 6.09 Å². The summed E-state index contributed by atoms with van der Waals surface area (Å²) in [6.45, 7) is 10.2. The summed E-state index contributed by atoms with van der Waals surface area (Å²) in [4.78, 5) is 27.0. The molecule has 4 rings (SSSR count). The quantitative estimate of drug-likeness (QED) is 0.512. The minimum absolute atomic E-state index is 0.0701. The average molecular weight is 448 g/mol. The molecule has 0 bridgehead atoms. The number of nitrogens with one attached hydrogen (secondary N) is 1. The van der Waals surface area contributed by atoms with Crippen molar-refractivity contribution in [1.82, 2.24) is 15.0 Å². The van der Waals surface area contributed by atoms with Crippen LogP contribution < -0.4 is 15.0 Å². The first-order chi connectivity index (χ1) is 15.8. The molecule has 2 heterocycles. The van der Waals surface area contributed by atoms with E-state index in [0.717, 1.165) is 29.0 Å². The Morgan fingerprint density at radius 1 is 1.12 bits per heavy atom. The Morgan fingerprint density at radius 3 is 2.58 bits per heavy atom. The van der Waals surface area contributed by atoms with Gasteiger partial charge in [0.25, 0.3) is 0 Å². The first kappa shape index (κ1) is 22.5. The van der Waals surface area contributed by atoms with Crippen molar-refractivity contribution in [3.63, 3.8) is 0 Å². The zero-order chi connectivity index (χ0) is 23.5. The number of aromatic nitrogens is 3. The number of aryl methyl sites for hydroxylation is 3. The van der Waals surface area contributed by atoms with E-state index in [2.05, 4.69) is 26.3 Å². The molecule has 2 atom stereocenters. The number of carbonyl (C=O) groups is 1. The predicted molar refractivity (Wildman–Crippen MR) is 127 cm³/mol. The summed E-state index contributed by atoms with van der Waals surface area (Å²) in [6.07, 6.45) is 0.331. The maximum absolute atomic E-state index is 12.2. The molecule has 8 nitrogen and oxygen atoms in total. The maximum atomic E-state index is 12.2. The fourth-order valence-corrected chi connectivity index (χ4v) is 3.71. The lowest BCUT2D eigenvalue weighted by Crippen LogP contribution is -2.34. The molecular formula is C25H29N5O3. The molecule has 1 amide bonds. The molecule has 1 N–H and O–H groups in total. The number of benzene rings is 2. The Labute approximate surface area is 194 Å². The van der Waals surface area contributed by atoms with Gasteiger partial charge in [-0.3, -0.25) is 0 Å². The Morgan fingerprint density at radius 2 is 1.88 bits per heavy atom. The number of hydrogen-bond acceptors (Lipinski definition) is 7. The molecule has 3 aromatic rings. The van der Waals surface area contributed by atoms with Gasteiger partial charge in [0.1, 0.15) is 23.9 Å². The summed E-state index contributed by atoms with van der Waals surface area (Å²) in [6, 6.07) is 13.9. The van der Waals surface area contributed by atoms with Gasteiger partial charge in [0, 0.05) is 0 Å². The number of nitrogens with zero attached hydrogens (tertiary/aromatic N) is 4. The lowest BCUT2D eigenvalue weighted by molar-refractivity contribution is 0.178. The van der Waals surface area contributed by atoms with Crippen LogP contribution in [-0.2, 0) is 4.74 Å². The standard InChI is InChI=1S/C25H29N5O3/c1-6-20-14-32-25(31)30(20)24-28-18(5)27-23(29-24)26-17(4)19-9-12-22(16(3)13-19)33-21-10-7-15(2)8-11-21/h7-13,17,20H,6,14H2,1-5H3,(H,26,27,28,29)/t17-,20-/m0/s1. The highest BCUT2D eigenvalue weighted by Crippen LogP contribution is 2.29. The molecule has 2 aromatic carbocycles. The number of anilines is 2. The third-order valence-corrected chi connectivity index (χ3v) is 5.68. The topological polar surface area (TPSA) is 89.5 Å². The van der Waals surface area contributed by atoms with Crippen LogP contribution in [-0.4, -0.2) is 33.7 Å². The van der Waals surface area contributed by atoms with E-state index in [4.69, 9.17) is 9.47 Å². The smallest absolute Gasteiger partial charge is 0.417 e. The van der Waals surface area contributed by atoms with Crippen molar-refractivity contribution in [3.8, 4) is 11.5 Å². The van der Waals surface area contributed by atoms with Crippen molar-refractivity contribution in [1.29, 1.82) is 0 Å². The Kier molecular flexibility index (Phi) is 6.44. The Bertz CT molecular complexity index is 1150. The van der Waals surface area contributed by atoms with Crippen LogP contribution >= 0.6 is 0 Å². The van der Waals surface area contributed by atoms with Crippen LogP contribution in [0.15, 0.2) is 42.5 Å². The normalized spacial score (nSPS) is 16.5. The summed E-state index contributed by atoms with van der Waals surface area (Å²) < 4.78 is 11.2. The highest BCUT2D eigenvalue weighted by Gasteiger charge is 2.35. The van der Waals surface area contributed by atoms with Gasteiger partial charge >= 0.3 is 6.09 Å². The molecular weight excluding hydrogens is 418 g/mol. The summed E-state index contributed by atoms with van der Waals surface area (Å²) >= 11 is 0. The molecule has 1 aliphatic heterocycles. The van der Waals surface area contributed by atoms with Gasteiger partial charge in [-0.05, 0) is 63.4 Å². The number of carbonyl (C=O) groups excluding carboxylic acids is 1. The number of cyclic esters (lactones) is 1. The number of amides is 1. The van der Waals surface area contributed by atoms with Crippen LogP contribution in [0.4, 0.5) is 16.7 Å². The highest BCUT2D eigenvalue weighted by molar-refractivity contribution is 5.88. The summed E-state index contributed by atoms with van der Waals surface area (Å²) in [7, 11) is 0. The first-order valence-corrected chi connectivity index (χ1v) is 11.1. The van der Waals surface area contributed by atoms with Crippen molar-refractivity contribution >= 4 is 18.0 Å². The van der Waals surface area contributed by atoms with E-state index in [9.17, 15) is 4.79 Å². The monoisotopic (exact) mass is 447 g/mol. The van der Waals surface area contributed by atoms with Gasteiger partial charge in [-0.1, -0.05) is 36.8 Å². The zero-order valence-corrected chi connectivity index (χ0v) is 19.6. The van der Waals surface area contributed by atoms with Crippen molar-refractivity contribution < 1.29 is 14.3 Å². The fraction of sp³-hybridized carbons (Fsp3) is 0.360. The second kappa shape index (κ2) is 9.44. The van der Waals surface area contributed by atoms with E-state index in [0.29, 0.717) is 24.3 Å². The third-order valence-electron chi connectivity index (χ3n) is 5.68. The maximum Gasteiger partial charge on any atom is 0.417 e. The van der Waals surface area contributed by atoms with Crippen molar-refractivity contribution in [2.45, 2.75) is 53.1 Å². The number of ether oxygens (including phenoxy) is 2. The number of rotatable bonds is 7. The van der Waals surface area contributed by atoms with Gasteiger partial charge in [0.15, 0.2) is 0 Å². The van der Waals surface area contributed by atoms with Gasteiger partial charge in [0.05, 0.1) is 12.1 Å². The lowest BCUT2D eigenvalue weighted by atomic mass is 10.1. The molecule has 0 spiro atoms. The van der Waals surface area contributed by atoms with E-state index in [1.54, 1.807) is 6.92 Å². The van der Waals surface area contributed by atoms with Gasteiger partial charge in [-0.2, -0.15) is 15.0 Å². The molecule has 1 saturated heterocycles. The minimum Gasteiger partial charge on any atom is -0.457 e.